The van der Waals surface area contributed by atoms with Crippen LogP contribution in [0.15, 0.2) is 30.3 Å². The molecule has 2 N–H and O–H groups in total. The molecule has 2 rings (SSSR count). The second-order valence-corrected chi connectivity index (χ2v) is 6.76. The first-order valence-corrected chi connectivity index (χ1v) is 8.65. The molecule has 2 aromatic rings. The van der Waals surface area contributed by atoms with Crippen LogP contribution in [0.4, 0.5) is 24.5 Å². The third-order valence-electron chi connectivity index (χ3n) is 3.59. The maximum atomic E-state index is 12.8. The van der Waals surface area contributed by atoms with Crippen LogP contribution in [-0.4, -0.2) is 22.0 Å². The van der Waals surface area contributed by atoms with Gasteiger partial charge in [0, 0.05) is 18.2 Å². The fourth-order valence-corrected chi connectivity index (χ4v) is 2.93. The van der Waals surface area contributed by atoms with Gasteiger partial charge in [0.1, 0.15) is 11.4 Å². The summed E-state index contributed by atoms with van der Waals surface area (Å²) in [5.74, 6) is -1.38. The lowest BCUT2D eigenvalue weighted by Crippen LogP contribution is -2.19. The monoisotopic (exact) mass is 452 g/mol. The number of alkyl halides is 3. The van der Waals surface area contributed by atoms with Crippen molar-refractivity contribution in [1.82, 2.24) is 0 Å². The van der Waals surface area contributed by atoms with Crippen LogP contribution in [0, 0.1) is 10.1 Å². The highest BCUT2D eigenvalue weighted by molar-refractivity contribution is 6.37. The molecule has 0 aliphatic rings. The molecule has 1 atom stereocenters. The summed E-state index contributed by atoms with van der Waals surface area (Å²) in [5, 5.41) is 21.9. The van der Waals surface area contributed by atoms with Crippen LogP contribution in [0.5, 0.6) is 11.5 Å². The van der Waals surface area contributed by atoms with Crippen molar-refractivity contribution in [3.8, 4) is 11.5 Å². The number of carboxylic acid groups (broad SMARTS) is 1. The highest BCUT2D eigenvalue weighted by atomic mass is 35.5. The average Bonchev–Trinajstić information content (AvgIpc) is 2.56. The van der Waals surface area contributed by atoms with E-state index in [2.05, 4.69) is 5.32 Å². The summed E-state index contributed by atoms with van der Waals surface area (Å²) in [5.41, 5.74) is -1.45. The van der Waals surface area contributed by atoms with E-state index < -0.39 is 38.7 Å². The molecule has 0 fully saturated rings. The van der Waals surface area contributed by atoms with E-state index in [0.717, 1.165) is 6.07 Å². The summed E-state index contributed by atoms with van der Waals surface area (Å²) in [7, 11) is 0. The fourth-order valence-electron chi connectivity index (χ4n) is 2.37. The van der Waals surface area contributed by atoms with Gasteiger partial charge in [-0.05, 0) is 25.1 Å². The first-order valence-electron chi connectivity index (χ1n) is 7.89. The molecular formula is C17H13Cl2F3N2O5. The van der Waals surface area contributed by atoms with Gasteiger partial charge < -0.3 is 15.2 Å². The number of hydrogen-bond acceptors (Lipinski definition) is 5. The number of aliphatic carboxylic acids is 1. The average molecular weight is 453 g/mol. The van der Waals surface area contributed by atoms with Gasteiger partial charge in [-0.3, -0.25) is 14.9 Å². The van der Waals surface area contributed by atoms with E-state index in [1.54, 1.807) is 0 Å². The lowest BCUT2D eigenvalue weighted by atomic mass is 10.2. The number of hydrogen-bond donors (Lipinski definition) is 2. The number of nitrogens with one attached hydrogen (secondary N) is 1. The SMILES string of the molecule is CC(CC(=O)O)Nc1cc(Oc2c(Cl)cc(C(F)(F)F)cc2Cl)ccc1[N+](=O)[O-]. The number of halogens is 5. The number of anilines is 1. The summed E-state index contributed by atoms with van der Waals surface area (Å²) in [4.78, 5) is 21.3. The van der Waals surface area contributed by atoms with Crippen molar-refractivity contribution < 1.29 is 32.7 Å². The fraction of sp³-hybridized carbons (Fsp3) is 0.235. The van der Waals surface area contributed by atoms with Gasteiger partial charge >= 0.3 is 12.1 Å². The Hall–Kier alpha value is -2.72. The number of carbonyl (C=O) groups is 1. The lowest BCUT2D eigenvalue weighted by Gasteiger charge is -2.16. The summed E-state index contributed by atoms with van der Waals surface area (Å²) in [6.07, 6.45) is -4.96. The maximum Gasteiger partial charge on any atom is 0.416 e. The Labute approximate surface area is 172 Å². The Morgan fingerprint density at radius 1 is 1.28 bits per heavy atom. The summed E-state index contributed by atoms with van der Waals surface area (Å²) in [6.45, 7) is 1.51. The van der Waals surface area contributed by atoms with E-state index in [1.165, 1.54) is 19.1 Å². The number of nitro benzene ring substituents is 1. The van der Waals surface area contributed by atoms with Gasteiger partial charge in [0.2, 0.25) is 0 Å². The lowest BCUT2D eigenvalue weighted by molar-refractivity contribution is -0.384. The predicted octanol–water partition coefficient (Wildman–Crippen LogP) is 5.99. The van der Waals surface area contributed by atoms with E-state index in [9.17, 15) is 28.1 Å². The minimum Gasteiger partial charge on any atom is -0.481 e. The Morgan fingerprint density at radius 2 is 1.86 bits per heavy atom. The number of nitro groups is 1. The Morgan fingerprint density at radius 3 is 2.34 bits per heavy atom. The second-order valence-electron chi connectivity index (χ2n) is 5.95. The highest BCUT2D eigenvalue weighted by Crippen LogP contribution is 2.42. The second kappa shape index (κ2) is 8.75. The van der Waals surface area contributed by atoms with Crippen molar-refractivity contribution in [2.75, 3.05) is 5.32 Å². The Bertz CT molecular complexity index is 930. The molecule has 0 radical (unpaired) electrons. The summed E-state index contributed by atoms with van der Waals surface area (Å²) < 4.78 is 43.9. The topological polar surface area (TPSA) is 102 Å². The zero-order valence-corrected chi connectivity index (χ0v) is 16.1. The third-order valence-corrected chi connectivity index (χ3v) is 4.15. The number of ether oxygens (including phenoxy) is 1. The molecule has 2 aromatic carbocycles. The molecular weight excluding hydrogens is 440 g/mol. The number of nitrogens with zero attached hydrogens (tertiary/aromatic N) is 1. The molecule has 0 saturated carbocycles. The normalized spacial score (nSPS) is 12.3. The summed E-state index contributed by atoms with van der Waals surface area (Å²) >= 11 is 11.7. The van der Waals surface area contributed by atoms with E-state index in [4.69, 9.17) is 33.0 Å². The molecule has 0 aromatic heterocycles. The van der Waals surface area contributed by atoms with Gasteiger partial charge in [0.05, 0.1) is 27.0 Å². The molecule has 0 bridgehead atoms. The van der Waals surface area contributed by atoms with Crippen LogP contribution < -0.4 is 10.1 Å². The van der Waals surface area contributed by atoms with E-state index in [1.807, 2.05) is 0 Å². The van der Waals surface area contributed by atoms with Crippen molar-refractivity contribution >= 4 is 40.5 Å². The molecule has 0 aliphatic carbocycles. The van der Waals surface area contributed by atoms with Crippen LogP contribution in [0.25, 0.3) is 0 Å². The molecule has 0 spiro atoms. The summed E-state index contributed by atoms with van der Waals surface area (Å²) in [6, 6.07) is 4.12. The van der Waals surface area contributed by atoms with Crippen molar-refractivity contribution in [1.29, 1.82) is 0 Å². The van der Waals surface area contributed by atoms with E-state index in [-0.39, 0.29) is 29.3 Å². The van der Waals surface area contributed by atoms with Crippen molar-refractivity contribution in [3.05, 3.63) is 56.1 Å². The van der Waals surface area contributed by atoms with E-state index >= 15 is 0 Å². The number of benzene rings is 2. The maximum absolute atomic E-state index is 12.8. The van der Waals surface area contributed by atoms with Gasteiger partial charge in [-0.1, -0.05) is 23.2 Å². The highest BCUT2D eigenvalue weighted by Gasteiger charge is 2.32. The number of carboxylic acids is 1. The molecule has 1 unspecified atom stereocenters. The smallest absolute Gasteiger partial charge is 0.416 e. The van der Waals surface area contributed by atoms with Crippen molar-refractivity contribution in [3.63, 3.8) is 0 Å². The van der Waals surface area contributed by atoms with Crippen LogP contribution >= 0.6 is 23.2 Å². The van der Waals surface area contributed by atoms with Crippen molar-refractivity contribution in [2.45, 2.75) is 25.6 Å². The quantitative estimate of drug-likeness (QED) is 0.395. The van der Waals surface area contributed by atoms with Gasteiger partial charge in [0.25, 0.3) is 5.69 Å². The first kappa shape index (κ1) is 22.6. The Kier molecular flexibility index (Phi) is 6.81. The minimum absolute atomic E-state index is 0.0100. The largest absolute Gasteiger partial charge is 0.481 e. The van der Waals surface area contributed by atoms with E-state index in [0.29, 0.717) is 12.1 Å². The zero-order valence-electron chi connectivity index (χ0n) is 14.6. The van der Waals surface area contributed by atoms with Crippen LogP contribution in [0.2, 0.25) is 10.0 Å². The standard InChI is InChI=1S/C17H13Cl2F3N2O5/c1-8(4-15(25)26)23-13-7-10(2-3-14(13)24(27)28)29-16-11(18)5-9(6-12(16)19)17(20,21)22/h2-3,5-8,23H,4H2,1H3,(H,25,26). The Balaban J connectivity index is 2.38. The third kappa shape index (κ3) is 5.88. The van der Waals surface area contributed by atoms with Crippen LogP contribution in [0.1, 0.15) is 18.9 Å². The zero-order chi connectivity index (χ0) is 21.9. The molecule has 0 heterocycles. The molecule has 0 saturated heterocycles. The first-order chi connectivity index (χ1) is 13.4. The van der Waals surface area contributed by atoms with Crippen molar-refractivity contribution in [2.24, 2.45) is 0 Å². The van der Waals surface area contributed by atoms with Gasteiger partial charge in [-0.25, -0.2) is 0 Å². The molecule has 7 nitrogen and oxygen atoms in total. The van der Waals surface area contributed by atoms with Crippen LogP contribution in [-0.2, 0) is 11.0 Å². The van der Waals surface area contributed by atoms with Crippen LogP contribution in [0.3, 0.4) is 0 Å². The number of rotatable bonds is 7. The molecule has 0 amide bonds. The minimum atomic E-state index is -4.66. The molecule has 156 valence electrons. The molecule has 12 heteroatoms. The predicted molar refractivity (Wildman–Crippen MR) is 100.0 cm³/mol. The van der Waals surface area contributed by atoms with Gasteiger partial charge in [-0.15, -0.1) is 0 Å². The van der Waals surface area contributed by atoms with Gasteiger partial charge in [-0.2, -0.15) is 13.2 Å². The molecule has 29 heavy (non-hydrogen) atoms. The van der Waals surface area contributed by atoms with Gasteiger partial charge in [0.15, 0.2) is 5.75 Å². The molecule has 0 aliphatic heterocycles.